The molecule has 1 atom stereocenters. The van der Waals surface area contributed by atoms with Gasteiger partial charge in [-0.15, -0.1) is 11.6 Å². The first-order valence-corrected chi connectivity index (χ1v) is 8.36. The topological polar surface area (TPSA) is 34.9 Å². The van der Waals surface area contributed by atoms with Crippen LogP contribution in [0, 0.1) is 0 Å². The molecule has 0 bridgehead atoms. The van der Waals surface area contributed by atoms with Gasteiger partial charge in [-0.3, -0.25) is 4.21 Å². The van der Waals surface area contributed by atoms with Crippen molar-refractivity contribution in [2.45, 2.75) is 25.5 Å². The predicted octanol–water partition coefficient (Wildman–Crippen LogP) is 3.56. The van der Waals surface area contributed by atoms with Crippen molar-refractivity contribution in [2.24, 2.45) is 0 Å². The van der Waals surface area contributed by atoms with Gasteiger partial charge in [0.05, 0.1) is 22.5 Å². The largest absolute Gasteiger partial charge is 0.416 e. The molecule has 1 aromatic carbocycles. The average Bonchev–Trinajstić information content (AvgIpc) is 2.80. The summed E-state index contributed by atoms with van der Waals surface area (Å²) in [7, 11) is -0.955. The zero-order chi connectivity index (χ0) is 15.6. The molecule has 1 heterocycles. The van der Waals surface area contributed by atoms with Gasteiger partial charge >= 0.3 is 6.18 Å². The average molecular weight is 339 g/mol. The van der Waals surface area contributed by atoms with Crippen LogP contribution in [-0.4, -0.2) is 25.3 Å². The van der Waals surface area contributed by atoms with Crippen LogP contribution in [0.4, 0.5) is 13.2 Å². The lowest BCUT2D eigenvalue weighted by Crippen LogP contribution is -2.11. The summed E-state index contributed by atoms with van der Waals surface area (Å²) in [5.74, 6) is 1.54. The van der Waals surface area contributed by atoms with Crippen LogP contribution in [0.5, 0.6) is 0 Å². The Balaban J connectivity index is 2.42. The molecular formula is C13H14ClF3N2OS. The minimum atomic E-state index is -4.40. The quantitative estimate of drug-likeness (QED) is 0.781. The second kappa shape index (κ2) is 6.36. The summed E-state index contributed by atoms with van der Waals surface area (Å²) >= 11 is 5.80. The summed E-state index contributed by atoms with van der Waals surface area (Å²) in [6, 6.07) is 3.42. The molecule has 2 aromatic rings. The molecule has 116 valence electrons. The molecule has 0 aliphatic heterocycles. The van der Waals surface area contributed by atoms with Crippen molar-refractivity contribution in [3.05, 3.63) is 29.6 Å². The first-order chi connectivity index (χ1) is 9.86. The Hall–Kier alpha value is -1.08. The Kier molecular flexibility index (Phi) is 4.93. The van der Waals surface area contributed by atoms with E-state index in [1.165, 1.54) is 6.07 Å². The first-order valence-electron chi connectivity index (χ1n) is 6.34. The molecule has 0 fully saturated rings. The van der Waals surface area contributed by atoms with Crippen molar-refractivity contribution in [1.82, 2.24) is 9.55 Å². The van der Waals surface area contributed by atoms with Crippen LogP contribution in [-0.2, 0) is 29.4 Å². The van der Waals surface area contributed by atoms with E-state index < -0.39 is 22.5 Å². The van der Waals surface area contributed by atoms with E-state index in [1.807, 2.05) is 6.92 Å². The predicted molar refractivity (Wildman–Crippen MR) is 77.8 cm³/mol. The Labute approximate surface area is 127 Å². The van der Waals surface area contributed by atoms with Crippen LogP contribution < -0.4 is 0 Å². The fourth-order valence-corrected chi connectivity index (χ4v) is 2.92. The fraction of sp³-hybridized carbons (Fsp3) is 0.462. The van der Waals surface area contributed by atoms with E-state index in [9.17, 15) is 17.4 Å². The Morgan fingerprint density at radius 1 is 1.38 bits per heavy atom. The summed E-state index contributed by atoms with van der Waals surface area (Å²) in [4.78, 5) is 4.14. The van der Waals surface area contributed by atoms with E-state index in [2.05, 4.69) is 4.98 Å². The molecule has 2 rings (SSSR count). The number of alkyl halides is 4. The maximum absolute atomic E-state index is 12.7. The lowest BCUT2D eigenvalue weighted by Gasteiger charge is -2.08. The number of rotatable bonds is 5. The number of hydrogen-bond donors (Lipinski definition) is 0. The number of halogens is 4. The maximum atomic E-state index is 12.7. The third-order valence-electron chi connectivity index (χ3n) is 3.14. The number of benzene rings is 1. The minimum Gasteiger partial charge on any atom is -0.326 e. The molecule has 0 aliphatic carbocycles. The molecule has 8 heteroatoms. The Morgan fingerprint density at radius 2 is 2.10 bits per heavy atom. The lowest BCUT2D eigenvalue weighted by atomic mass is 10.2. The number of hydrogen-bond acceptors (Lipinski definition) is 2. The molecule has 0 saturated carbocycles. The standard InChI is InChI=1S/C13H14ClF3N2OS/c1-2-21(20)6-5-19-11-4-3-9(13(15,16)17)7-10(11)18-12(19)8-14/h3-4,7H,2,5-6,8H2,1H3. The monoisotopic (exact) mass is 338 g/mol. The summed E-state index contributed by atoms with van der Waals surface area (Å²) in [6.07, 6.45) is -4.40. The van der Waals surface area contributed by atoms with E-state index in [0.29, 0.717) is 29.4 Å². The fourth-order valence-electron chi connectivity index (χ4n) is 2.04. The second-order valence-electron chi connectivity index (χ2n) is 4.45. The molecule has 0 radical (unpaired) electrons. The van der Waals surface area contributed by atoms with Gasteiger partial charge in [-0.25, -0.2) is 4.98 Å². The van der Waals surface area contributed by atoms with Gasteiger partial charge in [0, 0.05) is 28.9 Å². The SMILES string of the molecule is CCS(=O)CCn1c(CCl)nc2cc(C(F)(F)F)ccc21. The van der Waals surface area contributed by atoms with E-state index in [0.717, 1.165) is 12.1 Å². The number of imidazole rings is 1. The molecule has 1 aromatic heterocycles. The molecule has 0 amide bonds. The maximum Gasteiger partial charge on any atom is 0.416 e. The van der Waals surface area contributed by atoms with Gasteiger partial charge < -0.3 is 4.57 Å². The summed E-state index contributed by atoms with van der Waals surface area (Å²) in [5, 5.41) is 0. The van der Waals surface area contributed by atoms with Crippen molar-refractivity contribution in [1.29, 1.82) is 0 Å². The van der Waals surface area contributed by atoms with Gasteiger partial charge in [0.25, 0.3) is 0 Å². The van der Waals surface area contributed by atoms with E-state index >= 15 is 0 Å². The smallest absolute Gasteiger partial charge is 0.326 e. The molecular weight excluding hydrogens is 325 g/mol. The molecule has 0 saturated heterocycles. The van der Waals surface area contributed by atoms with Crippen LogP contribution >= 0.6 is 11.6 Å². The molecule has 0 aliphatic rings. The zero-order valence-electron chi connectivity index (χ0n) is 11.3. The number of fused-ring (bicyclic) bond motifs is 1. The van der Waals surface area contributed by atoms with Crippen LogP contribution in [0.3, 0.4) is 0 Å². The summed E-state index contributed by atoms with van der Waals surface area (Å²) < 4.78 is 51.4. The molecule has 0 N–H and O–H groups in total. The zero-order valence-corrected chi connectivity index (χ0v) is 12.9. The minimum absolute atomic E-state index is 0.0921. The summed E-state index contributed by atoms with van der Waals surface area (Å²) in [6.45, 7) is 2.24. The van der Waals surface area contributed by atoms with Crippen LogP contribution in [0.25, 0.3) is 11.0 Å². The lowest BCUT2D eigenvalue weighted by molar-refractivity contribution is -0.137. The molecule has 0 spiro atoms. The van der Waals surface area contributed by atoms with E-state index in [1.54, 1.807) is 4.57 Å². The van der Waals surface area contributed by atoms with Gasteiger partial charge in [0.1, 0.15) is 5.82 Å². The van der Waals surface area contributed by atoms with Crippen molar-refractivity contribution < 1.29 is 17.4 Å². The molecule has 3 nitrogen and oxygen atoms in total. The highest BCUT2D eigenvalue weighted by Gasteiger charge is 2.31. The first kappa shape index (κ1) is 16.3. The normalized spacial score (nSPS) is 13.8. The van der Waals surface area contributed by atoms with Crippen molar-refractivity contribution in [2.75, 3.05) is 11.5 Å². The third-order valence-corrected chi connectivity index (χ3v) is 4.66. The second-order valence-corrected chi connectivity index (χ2v) is 6.58. The highest BCUT2D eigenvalue weighted by Crippen LogP contribution is 2.31. The number of aromatic nitrogens is 2. The van der Waals surface area contributed by atoms with Crippen molar-refractivity contribution in [3.8, 4) is 0 Å². The van der Waals surface area contributed by atoms with Gasteiger partial charge in [-0.1, -0.05) is 6.92 Å². The van der Waals surface area contributed by atoms with E-state index in [4.69, 9.17) is 11.6 Å². The van der Waals surface area contributed by atoms with Gasteiger partial charge in [0.15, 0.2) is 0 Å². The van der Waals surface area contributed by atoms with Crippen molar-refractivity contribution >= 4 is 33.4 Å². The summed E-state index contributed by atoms with van der Waals surface area (Å²) in [5.41, 5.74) is 0.0902. The van der Waals surface area contributed by atoms with Gasteiger partial charge in [-0.05, 0) is 18.2 Å². The highest BCUT2D eigenvalue weighted by atomic mass is 35.5. The van der Waals surface area contributed by atoms with Gasteiger partial charge in [0.2, 0.25) is 0 Å². The Bertz CT molecular complexity index is 669. The van der Waals surface area contributed by atoms with Gasteiger partial charge in [-0.2, -0.15) is 13.2 Å². The number of aryl methyl sites for hydroxylation is 1. The van der Waals surface area contributed by atoms with Crippen molar-refractivity contribution in [3.63, 3.8) is 0 Å². The van der Waals surface area contributed by atoms with Crippen LogP contribution in [0.1, 0.15) is 18.3 Å². The molecule has 1 unspecified atom stereocenters. The number of nitrogens with zero attached hydrogens (tertiary/aromatic N) is 2. The van der Waals surface area contributed by atoms with E-state index in [-0.39, 0.29) is 11.4 Å². The Morgan fingerprint density at radius 3 is 2.67 bits per heavy atom. The molecule has 21 heavy (non-hydrogen) atoms. The third kappa shape index (κ3) is 3.58. The van der Waals surface area contributed by atoms with Crippen LogP contribution in [0.15, 0.2) is 18.2 Å². The highest BCUT2D eigenvalue weighted by molar-refractivity contribution is 7.84. The van der Waals surface area contributed by atoms with Crippen LogP contribution in [0.2, 0.25) is 0 Å².